The molecule has 0 bridgehead atoms. The maximum absolute atomic E-state index is 11.2. The lowest BCUT2D eigenvalue weighted by molar-refractivity contribution is 0.418. The summed E-state index contributed by atoms with van der Waals surface area (Å²) in [6.45, 7) is 0. The van der Waals surface area contributed by atoms with Gasteiger partial charge < -0.3 is 30.9 Å². The second kappa shape index (κ2) is 7.66. The average molecular weight is 382 g/mol. The van der Waals surface area contributed by atoms with E-state index in [0.717, 1.165) is 0 Å². The maximum atomic E-state index is 11.2. The number of hydrogen-bond donors (Lipinski definition) is 4. The van der Waals surface area contributed by atoms with Crippen molar-refractivity contribution in [1.82, 2.24) is 19.9 Å². The number of ether oxygens (including phenoxy) is 2. The van der Waals surface area contributed by atoms with E-state index in [-0.39, 0.29) is 17.2 Å². The molecule has 4 aromatic rings. The first kappa shape index (κ1) is 18.7. The van der Waals surface area contributed by atoms with Crippen molar-refractivity contribution >= 4 is 33.7 Å². The molecule has 0 aliphatic rings. The van der Waals surface area contributed by atoms with Gasteiger partial charge in [0.2, 0.25) is 0 Å². The molecule has 0 aliphatic heterocycles. The minimum Gasteiger partial charge on any atom is -0.494 e. The van der Waals surface area contributed by atoms with Gasteiger partial charge in [0.05, 0.1) is 25.3 Å². The molecule has 0 atom stereocenters. The molecule has 0 spiro atoms. The van der Waals surface area contributed by atoms with E-state index in [1.54, 1.807) is 36.4 Å². The fraction of sp³-hybridized carbons (Fsp3) is 0.111. The van der Waals surface area contributed by atoms with E-state index in [1.807, 2.05) is 0 Å². The highest BCUT2D eigenvalue weighted by molar-refractivity contribution is 5.82. The number of nitrogen functional groups attached to an aromatic ring is 2. The van der Waals surface area contributed by atoms with Gasteiger partial charge in [0.25, 0.3) is 11.1 Å². The van der Waals surface area contributed by atoms with Gasteiger partial charge in [-0.05, 0) is 24.3 Å². The van der Waals surface area contributed by atoms with Crippen molar-refractivity contribution in [2.75, 3.05) is 25.7 Å². The van der Waals surface area contributed by atoms with E-state index in [0.29, 0.717) is 33.6 Å². The molecule has 2 aromatic heterocycles. The van der Waals surface area contributed by atoms with E-state index < -0.39 is 5.56 Å². The molecule has 2 heterocycles. The van der Waals surface area contributed by atoms with Crippen LogP contribution < -0.4 is 32.1 Å². The molecule has 6 N–H and O–H groups in total. The minimum atomic E-state index is -0.401. The van der Waals surface area contributed by atoms with Crippen molar-refractivity contribution in [1.29, 1.82) is 0 Å². The number of para-hydroxylation sites is 2. The van der Waals surface area contributed by atoms with Gasteiger partial charge in [0.15, 0.2) is 11.6 Å². The Morgan fingerprint density at radius 1 is 0.821 bits per heavy atom. The molecule has 0 unspecified atom stereocenters. The predicted molar refractivity (Wildman–Crippen MR) is 107 cm³/mol. The average Bonchev–Trinajstić information content (AvgIpc) is 2.69. The van der Waals surface area contributed by atoms with Crippen LogP contribution in [-0.2, 0) is 0 Å². The third-order valence-corrected chi connectivity index (χ3v) is 3.87. The summed E-state index contributed by atoms with van der Waals surface area (Å²) < 4.78 is 10.2. The van der Waals surface area contributed by atoms with E-state index in [2.05, 4.69) is 19.9 Å². The van der Waals surface area contributed by atoms with Gasteiger partial charge in [-0.15, -0.1) is 0 Å². The Kier molecular flexibility index (Phi) is 5.12. The molecule has 144 valence electrons. The van der Waals surface area contributed by atoms with Crippen LogP contribution in [0.1, 0.15) is 0 Å². The summed E-state index contributed by atoms with van der Waals surface area (Å²) in [7, 11) is 3.07. The van der Waals surface area contributed by atoms with Gasteiger partial charge in [0, 0.05) is 0 Å². The molecular weight excluding hydrogens is 364 g/mol. The van der Waals surface area contributed by atoms with Crippen LogP contribution in [0.2, 0.25) is 0 Å². The summed E-state index contributed by atoms with van der Waals surface area (Å²) in [4.78, 5) is 35.5. The van der Waals surface area contributed by atoms with Crippen molar-refractivity contribution in [3.63, 3.8) is 0 Å². The number of nitrogens with one attached hydrogen (secondary N) is 2. The fourth-order valence-corrected chi connectivity index (χ4v) is 2.53. The molecule has 10 heteroatoms. The van der Waals surface area contributed by atoms with Crippen LogP contribution in [-0.4, -0.2) is 34.2 Å². The SMILES string of the molecule is COc1cccc2[nH]c(=O)c(N)nc12.COc1cccc2nc(N)c(=O)[nH]c12. The molecule has 28 heavy (non-hydrogen) atoms. The molecular formula is C18H18N6O4. The molecule has 10 nitrogen and oxygen atoms in total. The number of nitrogens with two attached hydrogens (primary N) is 2. The zero-order valence-electron chi connectivity index (χ0n) is 15.1. The van der Waals surface area contributed by atoms with E-state index in [4.69, 9.17) is 20.9 Å². The molecule has 0 amide bonds. The first-order valence-corrected chi connectivity index (χ1v) is 8.09. The Bertz CT molecular complexity index is 1260. The van der Waals surface area contributed by atoms with Gasteiger partial charge >= 0.3 is 0 Å². The largest absolute Gasteiger partial charge is 0.494 e. The lowest BCUT2D eigenvalue weighted by Gasteiger charge is -2.03. The van der Waals surface area contributed by atoms with Crippen LogP contribution in [0.4, 0.5) is 11.6 Å². The monoisotopic (exact) mass is 382 g/mol. The zero-order valence-corrected chi connectivity index (χ0v) is 15.1. The third-order valence-electron chi connectivity index (χ3n) is 3.87. The normalized spacial score (nSPS) is 10.4. The topological polar surface area (TPSA) is 162 Å². The lowest BCUT2D eigenvalue weighted by Crippen LogP contribution is -2.13. The second-order valence-corrected chi connectivity index (χ2v) is 5.61. The molecule has 0 saturated heterocycles. The Balaban J connectivity index is 0.000000161. The molecule has 0 fully saturated rings. The maximum Gasteiger partial charge on any atom is 0.291 e. The Morgan fingerprint density at radius 2 is 1.43 bits per heavy atom. The summed E-state index contributed by atoms with van der Waals surface area (Å²) in [6.07, 6.45) is 0. The van der Waals surface area contributed by atoms with Crippen molar-refractivity contribution < 1.29 is 9.47 Å². The Morgan fingerprint density at radius 3 is 2.14 bits per heavy atom. The number of anilines is 2. The summed E-state index contributed by atoms with van der Waals surface area (Å²) in [5.41, 5.74) is 12.3. The number of aromatic nitrogens is 4. The number of benzene rings is 2. The molecule has 0 radical (unpaired) electrons. The number of H-pyrrole nitrogens is 2. The van der Waals surface area contributed by atoms with Crippen LogP contribution in [0.25, 0.3) is 22.1 Å². The number of methoxy groups -OCH3 is 2. The van der Waals surface area contributed by atoms with Crippen molar-refractivity contribution in [2.24, 2.45) is 0 Å². The molecule has 0 saturated carbocycles. The quantitative estimate of drug-likeness (QED) is 0.399. The number of rotatable bonds is 2. The molecule has 0 aliphatic carbocycles. The summed E-state index contributed by atoms with van der Waals surface area (Å²) >= 11 is 0. The van der Waals surface area contributed by atoms with E-state index in [1.165, 1.54) is 14.2 Å². The summed E-state index contributed by atoms with van der Waals surface area (Å²) in [5.74, 6) is 1.07. The summed E-state index contributed by atoms with van der Waals surface area (Å²) in [6, 6.07) is 10.6. The first-order chi connectivity index (χ1) is 13.4. The van der Waals surface area contributed by atoms with E-state index >= 15 is 0 Å². The highest BCUT2D eigenvalue weighted by atomic mass is 16.5. The molecule has 2 aromatic carbocycles. The Labute approximate surface area is 158 Å². The highest BCUT2D eigenvalue weighted by Gasteiger charge is 2.06. The highest BCUT2D eigenvalue weighted by Crippen LogP contribution is 2.21. The number of aromatic amines is 2. The molecule has 4 rings (SSSR count). The van der Waals surface area contributed by atoms with Crippen LogP contribution in [0.15, 0.2) is 46.0 Å². The van der Waals surface area contributed by atoms with Gasteiger partial charge in [0.1, 0.15) is 22.5 Å². The minimum absolute atomic E-state index is 0.0363. The van der Waals surface area contributed by atoms with Gasteiger partial charge in [-0.3, -0.25) is 9.59 Å². The standard InChI is InChI=1S/2C9H9N3O2/c1-14-6-4-2-3-5-7(6)12-8(10)9(13)11-5;1-14-6-4-2-3-5-7(6)12-9(13)8(10)11-5/h2-4H,1H3,(H2,10,12)(H,11,13);2-4H,1H3,(H2,10,11)(H,12,13). The number of nitrogens with zero attached hydrogens (tertiary/aromatic N) is 2. The second-order valence-electron chi connectivity index (χ2n) is 5.61. The van der Waals surface area contributed by atoms with Crippen molar-refractivity contribution in [3.8, 4) is 11.5 Å². The zero-order chi connectivity index (χ0) is 20.3. The van der Waals surface area contributed by atoms with Crippen LogP contribution >= 0.6 is 0 Å². The van der Waals surface area contributed by atoms with Crippen molar-refractivity contribution in [2.45, 2.75) is 0 Å². The van der Waals surface area contributed by atoms with Crippen LogP contribution in [0, 0.1) is 0 Å². The third kappa shape index (κ3) is 3.56. The lowest BCUT2D eigenvalue weighted by atomic mass is 10.3. The van der Waals surface area contributed by atoms with Crippen LogP contribution in [0.5, 0.6) is 11.5 Å². The predicted octanol–water partition coefficient (Wildman–Crippen LogP) is 1.03. The van der Waals surface area contributed by atoms with Gasteiger partial charge in [-0.2, -0.15) is 0 Å². The van der Waals surface area contributed by atoms with E-state index in [9.17, 15) is 9.59 Å². The number of hydrogen-bond acceptors (Lipinski definition) is 8. The van der Waals surface area contributed by atoms with Gasteiger partial charge in [-0.25, -0.2) is 9.97 Å². The smallest absolute Gasteiger partial charge is 0.291 e. The van der Waals surface area contributed by atoms with Crippen molar-refractivity contribution in [3.05, 3.63) is 57.1 Å². The van der Waals surface area contributed by atoms with Gasteiger partial charge in [-0.1, -0.05) is 12.1 Å². The summed E-state index contributed by atoms with van der Waals surface area (Å²) in [5, 5.41) is 0. The fourth-order valence-electron chi connectivity index (χ4n) is 2.53. The Hall–Kier alpha value is -4.08. The van der Waals surface area contributed by atoms with Crippen LogP contribution in [0.3, 0.4) is 0 Å². The number of fused-ring (bicyclic) bond motifs is 2. The first-order valence-electron chi connectivity index (χ1n) is 8.09.